The van der Waals surface area contributed by atoms with Gasteiger partial charge in [-0.2, -0.15) is 11.8 Å². The highest BCUT2D eigenvalue weighted by Crippen LogP contribution is 2.37. The van der Waals surface area contributed by atoms with Crippen LogP contribution in [-0.2, 0) is 10.0 Å². The van der Waals surface area contributed by atoms with Crippen LogP contribution in [0.3, 0.4) is 0 Å². The van der Waals surface area contributed by atoms with E-state index in [0.29, 0.717) is 17.8 Å². The van der Waals surface area contributed by atoms with Gasteiger partial charge >= 0.3 is 0 Å². The van der Waals surface area contributed by atoms with Crippen molar-refractivity contribution in [3.63, 3.8) is 0 Å². The summed E-state index contributed by atoms with van der Waals surface area (Å²) in [4.78, 5) is 0.277. The zero-order chi connectivity index (χ0) is 14.1. The quantitative estimate of drug-likeness (QED) is 0.836. The average molecular weight is 300 g/mol. The molecule has 106 valence electrons. The normalized spacial score (nSPS) is 23.7. The maximum absolute atomic E-state index is 12.3. The van der Waals surface area contributed by atoms with Crippen molar-refractivity contribution < 1.29 is 8.42 Å². The molecule has 3 N–H and O–H groups in total. The Hall–Kier alpha value is -0.720. The van der Waals surface area contributed by atoms with Gasteiger partial charge in [-0.1, -0.05) is 6.07 Å². The molecule has 0 bridgehead atoms. The predicted octanol–water partition coefficient (Wildman–Crippen LogP) is 2.14. The Balaban J connectivity index is 2.16. The van der Waals surface area contributed by atoms with E-state index < -0.39 is 10.0 Å². The largest absolute Gasteiger partial charge is 0.399 e. The number of nitrogen functional groups attached to an aromatic ring is 1. The molecule has 1 aromatic rings. The van der Waals surface area contributed by atoms with Gasteiger partial charge < -0.3 is 5.73 Å². The Bertz CT molecular complexity index is 564. The Morgan fingerprint density at radius 1 is 1.47 bits per heavy atom. The van der Waals surface area contributed by atoms with E-state index in [4.69, 9.17) is 5.73 Å². The molecule has 1 aliphatic heterocycles. The average Bonchev–Trinajstić information content (AvgIpc) is 2.78. The van der Waals surface area contributed by atoms with Crippen molar-refractivity contribution in [3.8, 4) is 0 Å². The Labute approximate surface area is 119 Å². The predicted molar refractivity (Wildman–Crippen MR) is 80.9 cm³/mol. The van der Waals surface area contributed by atoms with E-state index >= 15 is 0 Å². The van der Waals surface area contributed by atoms with Crippen LogP contribution in [0.15, 0.2) is 23.1 Å². The molecule has 1 atom stereocenters. The van der Waals surface area contributed by atoms with Crippen LogP contribution in [0.5, 0.6) is 0 Å². The van der Waals surface area contributed by atoms with Gasteiger partial charge in [-0.15, -0.1) is 0 Å². The first-order valence-corrected chi connectivity index (χ1v) is 8.79. The van der Waals surface area contributed by atoms with Gasteiger partial charge in [0.2, 0.25) is 10.0 Å². The third kappa shape index (κ3) is 3.43. The first-order chi connectivity index (χ1) is 8.82. The smallest absolute Gasteiger partial charge is 0.240 e. The van der Waals surface area contributed by atoms with E-state index in [2.05, 4.69) is 11.6 Å². The summed E-state index contributed by atoms with van der Waals surface area (Å²) in [6.07, 6.45) is 2.20. The van der Waals surface area contributed by atoms with Crippen LogP contribution in [0, 0.1) is 6.92 Å². The van der Waals surface area contributed by atoms with Gasteiger partial charge in [0.05, 0.1) is 4.90 Å². The van der Waals surface area contributed by atoms with Crippen molar-refractivity contribution in [2.75, 3.05) is 18.0 Å². The molecule has 0 saturated carbocycles. The second kappa shape index (κ2) is 5.34. The highest BCUT2D eigenvalue weighted by molar-refractivity contribution is 8.01. The van der Waals surface area contributed by atoms with Crippen molar-refractivity contribution >= 4 is 27.5 Å². The number of benzene rings is 1. The second-order valence-corrected chi connectivity index (χ2v) is 8.67. The summed E-state index contributed by atoms with van der Waals surface area (Å²) in [5.74, 6) is 1.11. The Kier molecular flexibility index (Phi) is 4.13. The zero-order valence-corrected chi connectivity index (χ0v) is 12.9. The van der Waals surface area contributed by atoms with Gasteiger partial charge in [-0.05, 0) is 50.1 Å². The van der Waals surface area contributed by atoms with Gasteiger partial charge in [-0.25, -0.2) is 13.1 Å². The summed E-state index contributed by atoms with van der Waals surface area (Å²) in [7, 11) is -3.48. The lowest BCUT2D eigenvalue weighted by Gasteiger charge is -2.23. The summed E-state index contributed by atoms with van der Waals surface area (Å²) in [6.45, 7) is 4.35. The summed E-state index contributed by atoms with van der Waals surface area (Å²) >= 11 is 1.84. The molecule has 0 amide bonds. The van der Waals surface area contributed by atoms with Crippen LogP contribution in [0.25, 0.3) is 0 Å². The van der Waals surface area contributed by atoms with Crippen molar-refractivity contribution in [3.05, 3.63) is 23.8 Å². The number of hydrogen-bond acceptors (Lipinski definition) is 4. The van der Waals surface area contributed by atoms with E-state index in [1.165, 1.54) is 6.07 Å². The fourth-order valence-corrected chi connectivity index (χ4v) is 4.99. The monoisotopic (exact) mass is 300 g/mol. The second-order valence-electron chi connectivity index (χ2n) is 5.25. The number of thioether (sulfide) groups is 1. The van der Waals surface area contributed by atoms with Gasteiger partial charge in [0.15, 0.2) is 0 Å². The van der Waals surface area contributed by atoms with Gasteiger partial charge in [0.1, 0.15) is 0 Å². The fourth-order valence-electron chi connectivity index (χ4n) is 2.21. The molecule has 1 aliphatic rings. The van der Waals surface area contributed by atoms with Crippen molar-refractivity contribution in [1.29, 1.82) is 0 Å². The topological polar surface area (TPSA) is 72.2 Å². The summed E-state index contributed by atoms with van der Waals surface area (Å²) in [5, 5.41) is 0. The fraction of sp³-hybridized carbons (Fsp3) is 0.538. The number of anilines is 1. The van der Waals surface area contributed by atoms with Crippen molar-refractivity contribution in [2.24, 2.45) is 0 Å². The minimum Gasteiger partial charge on any atom is -0.399 e. The molecule has 0 spiro atoms. The number of rotatable bonds is 4. The third-order valence-corrected chi connectivity index (χ3v) is 6.52. The molecular formula is C13H20N2O2S2. The van der Waals surface area contributed by atoms with E-state index in [9.17, 15) is 8.42 Å². The number of hydrogen-bond donors (Lipinski definition) is 2. The van der Waals surface area contributed by atoms with Gasteiger partial charge in [0, 0.05) is 17.0 Å². The van der Waals surface area contributed by atoms with Crippen LogP contribution in [0.1, 0.15) is 25.3 Å². The van der Waals surface area contributed by atoms with E-state index in [1.807, 2.05) is 11.8 Å². The molecule has 0 radical (unpaired) electrons. The molecule has 1 heterocycles. The Morgan fingerprint density at radius 2 is 2.21 bits per heavy atom. The molecule has 0 aromatic heterocycles. The number of sulfonamides is 1. The van der Waals surface area contributed by atoms with E-state index in [1.54, 1.807) is 19.1 Å². The number of aryl methyl sites for hydroxylation is 1. The molecule has 1 aromatic carbocycles. The lowest BCUT2D eigenvalue weighted by Crippen LogP contribution is -2.37. The highest BCUT2D eigenvalue weighted by atomic mass is 32.2. The first kappa shape index (κ1) is 14.7. The molecule has 2 rings (SSSR count). The molecule has 0 aliphatic carbocycles. The van der Waals surface area contributed by atoms with Crippen LogP contribution in [0.4, 0.5) is 5.69 Å². The van der Waals surface area contributed by atoms with Crippen molar-refractivity contribution in [1.82, 2.24) is 4.72 Å². The number of nitrogens with two attached hydrogens (primary N) is 1. The molecule has 1 unspecified atom stereocenters. The summed E-state index contributed by atoms with van der Waals surface area (Å²) in [6, 6.07) is 4.96. The molecular weight excluding hydrogens is 280 g/mol. The van der Waals surface area contributed by atoms with Crippen LogP contribution >= 0.6 is 11.8 Å². The Morgan fingerprint density at radius 3 is 2.84 bits per heavy atom. The molecule has 6 heteroatoms. The zero-order valence-electron chi connectivity index (χ0n) is 11.3. The maximum atomic E-state index is 12.3. The minimum absolute atomic E-state index is 0.0152. The molecule has 1 saturated heterocycles. The first-order valence-electron chi connectivity index (χ1n) is 6.32. The maximum Gasteiger partial charge on any atom is 0.240 e. The minimum atomic E-state index is -3.48. The SMILES string of the molecule is Cc1ccc(N)cc1S(=O)(=O)NCC1(C)CCCS1. The molecule has 1 fully saturated rings. The molecule has 4 nitrogen and oxygen atoms in total. The van der Waals surface area contributed by atoms with Crippen LogP contribution < -0.4 is 10.5 Å². The summed E-state index contributed by atoms with van der Waals surface area (Å²) in [5.41, 5.74) is 6.85. The van der Waals surface area contributed by atoms with Gasteiger partial charge in [-0.3, -0.25) is 0 Å². The van der Waals surface area contributed by atoms with Gasteiger partial charge in [0.25, 0.3) is 0 Å². The van der Waals surface area contributed by atoms with Crippen LogP contribution in [0.2, 0.25) is 0 Å². The van der Waals surface area contributed by atoms with Crippen molar-refractivity contribution in [2.45, 2.75) is 36.3 Å². The van der Waals surface area contributed by atoms with E-state index in [0.717, 1.165) is 18.6 Å². The lowest BCUT2D eigenvalue weighted by atomic mass is 10.1. The third-order valence-electron chi connectivity index (χ3n) is 3.44. The van der Waals surface area contributed by atoms with Crippen LogP contribution in [-0.4, -0.2) is 25.5 Å². The standard InChI is InChI=1S/C13H20N2O2S2/c1-10-4-5-11(14)8-12(10)19(16,17)15-9-13(2)6-3-7-18-13/h4-5,8,15H,3,6-7,9,14H2,1-2H3. The highest BCUT2D eigenvalue weighted by Gasteiger charge is 2.31. The number of nitrogens with one attached hydrogen (secondary N) is 1. The summed E-state index contributed by atoms with van der Waals surface area (Å²) < 4.78 is 27.4. The van der Waals surface area contributed by atoms with E-state index in [-0.39, 0.29) is 9.64 Å². The lowest BCUT2D eigenvalue weighted by molar-refractivity contribution is 0.552. The molecule has 19 heavy (non-hydrogen) atoms.